The highest BCUT2D eigenvalue weighted by Gasteiger charge is 2.52. The molecule has 3 heteroatoms. The quantitative estimate of drug-likeness (QED) is 0.630. The molecule has 1 saturated carbocycles. The molecule has 3 fully saturated rings. The third-order valence-corrected chi connectivity index (χ3v) is 4.45. The zero-order chi connectivity index (χ0) is 11.2. The first kappa shape index (κ1) is 10.6. The van der Waals surface area contributed by atoms with Crippen LogP contribution in [-0.2, 0) is 9.53 Å². The van der Waals surface area contributed by atoms with Gasteiger partial charge in [-0.25, -0.2) is 0 Å². The Morgan fingerprint density at radius 1 is 1.31 bits per heavy atom. The van der Waals surface area contributed by atoms with Gasteiger partial charge in [0.2, 0.25) is 5.91 Å². The van der Waals surface area contributed by atoms with Crippen molar-refractivity contribution in [1.29, 1.82) is 0 Å². The van der Waals surface area contributed by atoms with Crippen LogP contribution in [0, 0.1) is 5.92 Å². The molecule has 0 aromatic heterocycles. The highest BCUT2D eigenvalue weighted by Crippen LogP contribution is 2.44. The van der Waals surface area contributed by atoms with E-state index in [4.69, 9.17) is 4.74 Å². The first-order valence-corrected chi connectivity index (χ1v) is 6.67. The number of hydrogen-bond acceptors (Lipinski definition) is 2. The maximum atomic E-state index is 12.2. The fraction of sp³-hybridized carbons (Fsp3) is 0.923. The molecule has 0 N–H and O–H groups in total. The van der Waals surface area contributed by atoms with Crippen molar-refractivity contribution in [2.75, 3.05) is 6.61 Å². The molecule has 2 saturated heterocycles. The fourth-order valence-electron chi connectivity index (χ4n) is 3.77. The molecule has 2 aliphatic heterocycles. The molecule has 0 aromatic carbocycles. The molecule has 0 bridgehead atoms. The van der Waals surface area contributed by atoms with Crippen LogP contribution in [0.25, 0.3) is 0 Å². The summed E-state index contributed by atoms with van der Waals surface area (Å²) in [6, 6.07) is 0.370. The molecular weight excluding hydrogens is 202 g/mol. The average Bonchev–Trinajstić information content (AvgIpc) is 2.58. The molecular formula is C13H21NO2. The number of piperidine rings is 1. The van der Waals surface area contributed by atoms with Crippen LogP contribution in [0.15, 0.2) is 0 Å². The largest absolute Gasteiger partial charge is 0.353 e. The summed E-state index contributed by atoms with van der Waals surface area (Å²) in [6.07, 6.45) is 7.70. The molecule has 3 aliphatic rings. The van der Waals surface area contributed by atoms with Gasteiger partial charge in [0, 0.05) is 6.42 Å². The summed E-state index contributed by atoms with van der Waals surface area (Å²) < 4.78 is 6.05. The van der Waals surface area contributed by atoms with Crippen molar-refractivity contribution in [3.05, 3.63) is 0 Å². The average molecular weight is 223 g/mol. The molecule has 1 aliphatic carbocycles. The summed E-state index contributed by atoms with van der Waals surface area (Å²) in [5, 5.41) is 0. The van der Waals surface area contributed by atoms with Crippen molar-refractivity contribution in [1.82, 2.24) is 4.90 Å². The Morgan fingerprint density at radius 3 is 2.81 bits per heavy atom. The van der Waals surface area contributed by atoms with Crippen molar-refractivity contribution in [3.8, 4) is 0 Å². The summed E-state index contributed by atoms with van der Waals surface area (Å²) in [5.41, 5.74) is -0.194. The van der Waals surface area contributed by atoms with Gasteiger partial charge in [-0.15, -0.1) is 0 Å². The van der Waals surface area contributed by atoms with E-state index in [1.807, 2.05) is 0 Å². The predicted molar refractivity (Wildman–Crippen MR) is 60.8 cm³/mol. The van der Waals surface area contributed by atoms with E-state index in [2.05, 4.69) is 11.8 Å². The van der Waals surface area contributed by atoms with E-state index >= 15 is 0 Å². The van der Waals surface area contributed by atoms with E-state index in [-0.39, 0.29) is 5.72 Å². The van der Waals surface area contributed by atoms with Crippen LogP contribution in [-0.4, -0.2) is 29.2 Å². The highest BCUT2D eigenvalue weighted by molar-refractivity contribution is 5.78. The Kier molecular flexibility index (Phi) is 2.46. The second kappa shape index (κ2) is 3.73. The minimum absolute atomic E-state index is 0.194. The van der Waals surface area contributed by atoms with E-state index in [0.717, 1.165) is 32.3 Å². The summed E-state index contributed by atoms with van der Waals surface area (Å²) in [7, 11) is 0. The number of carbonyl (C=O) groups is 1. The SMILES string of the molecule is C[C@@H]1CC(=O)N2[C@H](COC23CCCCC3)C1. The predicted octanol–water partition coefficient (Wildman–Crippen LogP) is 2.30. The molecule has 16 heavy (non-hydrogen) atoms. The van der Waals surface area contributed by atoms with Gasteiger partial charge < -0.3 is 9.64 Å². The Balaban J connectivity index is 1.85. The standard InChI is InChI=1S/C13H21NO2/c1-10-7-11-9-16-13(5-3-2-4-6-13)14(11)12(15)8-10/h10-11H,2-9H2,1H3/t10-,11-/m0/s1. The topological polar surface area (TPSA) is 29.5 Å². The molecule has 1 spiro atoms. The lowest BCUT2D eigenvalue weighted by atomic mass is 9.86. The number of nitrogens with zero attached hydrogens (tertiary/aromatic N) is 1. The van der Waals surface area contributed by atoms with Gasteiger partial charge in [-0.05, 0) is 38.0 Å². The Hall–Kier alpha value is -0.570. The zero-order valence-electron chi connectivity index (χ0n) is 10.1. The van der Waals surface area contributed by atoms with E-state index in [0.29, 0.717) is 17.9 Å². The smallest absolute Gasteiger partial charge is 0.225 e. The van der Waals surface area contributed by atoms with Crippen LogP contribution < -0.4 is 0 Å². The second-order valence-electron chi connectivity index (χ2n) is 5.78. The third kappa shape index (κ3) is 1.48. The Morgan fingerprint density at radius 2 is 2.06 bits per heavy atom. The molecule has 0 aromatic rings. The summed E-state index contributed by atoms with van der Waals surface area (Å²) in [6.45, 7) is 2.96. The molecule has 3 nitrogen and oxygen atoms in total. The summed E-state index contributed by atoms with van der Waals surface area (Å²) >= 11 is 0. The maximum Gasteiger partial charge on any atom is 0.225 e. The molecule has 2 atom stereocenters. The van der Waals surface area contributed by atoms with Crippen molar-refractivity contribution < 1.29 is 9.53 Å². The summed E-state index contributed by atoms with van der Waals surface area (Å²) in [4.78, 5) is 14.3. The Labute approximate surface area is 97.1 Å². The minimum atomic E-state index is -0.194. The molecule has 1 amide bonds. The van der Waals surface area contributed by atoms with Gasteiger partial charge in [0.25, 0.3) is 0 Å². The molecule has 2 heterocycles. The van der Waals surface area contributed by atoms with Gasteiger partial charge in [-0.2, -0.15) is 0 Å². The molecule has 3 rings (SSSR count). The third-order valence-electron chi connectivity index (χ3n) is 4.45. The Bertz CT molecular complexity index is 296. The highest BCUT2D eigenvalue weighted by atomic mass is 16.5. The summed E-state index contributed by atoms with van der Waals surface area (Å²) in [5.74, 6) is 0.874. The lowest BCUT2D eigenvalue weighted by Crippen LogP contribution is -2.55. The van der Waals surface area contributed by atoms with Gasteiger partial charge in [-0.3, -0.25) is 4.79 Å². The fourth-order valence-corrected chi connectivity index (χ4v) is 3.77. The number of ether oxygens (including phenoxy) is 1. The molecule has 0 unspecified atom stereocenters. The number of amides is 1. The number of rotatable bonds is 0. The van der Waals surface area contributed by atoms with E-state index in [1.165, 1.54) is 19.3 Å². The van der Waals surface area contributed by atoms with Crippen LogP contribution in [0.1, 0.15) is 51.9 Å². The van der Waals surface area contributed by atoms with Gasteiger partial charge in [0.15, 0.2) is 0 Å². The van der Waals surface area contributed by atoms with E-state index < -0.39 is 0 Å². The van der Waals surface area contributed by atoms with Gasteiger partial charge in [-0.1, -0.05) is 13.3 Å². The normalized spacial score (nSPS) is 37.8. The zero-order valence-corrected chi connectivity index (χ0v) is 10.1. The van der Waals surface area contributed by atoms with Gasteiger partial charge in [0.1, 0.15) is 5.72 Å². The van der Waals surface area contributed by atoms with Crippen LogP contribution in [0.2, 0.25) is 0 Å². The van der Waals surface area contributed by atoms with Crippen molar-refractivity contribution in [2.24, 2.45) is 5.92 Å². The van der Waals surface area contributed by atoms with Crippen molar-refractivity contribution >= 4 is 5.91 Å². The number of fused-ring (bicyclic) bond motifs is 2. The molecule has 90 valence electrons. The van der Waals surface area contributed by atoms with E-state index in [1.54, 1.807) is 0 Å². The monoisotopic (exact) mass is 223 g/mol. The maximum absolute atomic E-state index is 12.2. The second-order valence-corrected chi connectivity index (χ2v) is 5.78. The first-order chi connectivity index (χ1) is 7.71. The van der Waals surface area contributed by atoms with Crippen molar-refractivity contribution in [3.63, 3.8) is 0 Å². The lowest BCUT2D eigenvalue weighted by Gasteiger charge is -2.44. The van der Waals surface area contributed by atoms with Crippen LogP contribution in [0.4, 0.5) is 0 Å². The number of carbonyl (C=O) groups excluding carboxylic acids is 1. The first-order valence-electron chi connectivity index (χ1n) is 6.67. The van der Waals surface area contributed by atoms with Gasteiger partial charge >= 0.3 is 0 Å². The van der Waals surface area contributed by atoms with Crippen LogP contribution >= 0.6 is 0 Å². The van der Waals surface area contributed by atoms with Crippen molar-refractivity contribution in [2.45, 2.75) is 63.6 Å². The number of hydrogen-bond donors (Lipinski definition) is 0. The lowest BCUT2D eigenvalue weighted by molar-refractivity contribution is -0.161. The van der Waals surface area contributed by atoms with Crippen LogP contribution in [0.3, 0.4) is 0 Å². The minimum Gasteiger partial charge on any atom is -0.353 e. The van der Waals surface area contributed by atoms with Gasteiger partial charge in [0.05, 0.1) is 12.6 Å². The van der Waals surface area contributed by atoms with Crippen LogP contribution in [0.5, 0.6) is 0 Å². The van der Waals surface area contributed by atoms with E-state index in [9.17, 15) is 4.79 Å². The molecule has 0 radical (unpaired) electrons.